The van der Waals surface area contributed by atoms with Crippen molar-refractivity contribution in [2.45, 2.75) is 6.92 Å². The Morgan fingerprint density at radius 3 is 2.32 bits per heavy atom. The van der Waals surface area contributed by atoms with Gasteiger partial charge in [0.1, 0.15) is 5.82 Å². The van der Waals surface area contributed by atoms with E-state index in [0.29, 0.717) is 21.4 Å². The molecule has 0 unspecified atom stereocenters. The van der Waals surface area contributed by atoms with Gasteiger partial charge in [-0.15, -0.1) is 0 Å². The minimum atomic E-state index is -0.497. The van der Waals surface area contributed by atoms with E-state index >= 15 is 0 Å². The number of allylic oxidation sites excluding steroid dienone is 2. The number of benzene rings is 2. The smallest absolute Gasteiger partial charge is 0.189 e. The second-order valence-corrected chi connectivity index (χ2v) is 5.76. The van der Waals surface area contributed by atoms with Crippen molar-refractivity contribution >= 4 is 46.3 Å². The van der Waals surface area contributed by atoms with Crippen molar-refractivity contribution in [1.82, 2.24) is 0 Å². The standard InChI is InChI=1S/C16H11Cl3FNO/c1-9(21-16-12(17)3-2-4-13(16)18)7-15(22)11-6-5-10(20)8-14(11)19/h2-8,21H,1H3/b9-7-. The molecule has 6 heteroatoms. The molecule has 2 rings (SSSR count). The van der Waals surface area contributed by atoms with E-state index in [-0.39, 0.29) is 16.4 Å². The lowest BCUT2D eigenvalue weighted by molar-refractivity contribution is 0.104. The molecule has 1 N–H and O–H groups in total. The lowest BCUT2D eigenvalue weighted by Gasteiger charge is -2.10. The molecule has 22 heavy (non-hydrogen) atoms. The Morgan fingerprint density at radius 2 is 1.73 bits per heavy atom. The van der Waals surface area contributed by atoms with Crippen LogP contribution >= 0.6 is 34.8 Å². The van der Waals surface area contributed by atoms with Crippen molar-refractivity contribution in [3.8, 4) is 0 Å². The van der Waals surface area contributed by atoms with E-state index in [1.165, 1.54) is 18.2 Å². The molecule has 114 valence electrons. The number of carbonyl (C=O) groups excluding carboxylic acids is 1. The fourth-order valence-corrected chi connectivity index (χ4v) is 2.57. The predicted octanol–water partition coefficient (Wildman–Crippen LogP) is 5.98. The molecule has 0 aromatic heterocycles. The molecule has 0 aliphatic carbocycles. The first kappa shape index (κ1) is 16.8. The van der Waals surface area contributed by atoms with Crippen LogP contribution in [0.15, 0.2) is 48.2 Å². The van der Waals surface area contributed by atoms with Crippen LogP contribution in [0.3, 0.4) is 0 Å². The molecule has 0 aliphatic rings. The zero-order chi connectivity index (χ0) is 16.3. The third kappa shape index (κ3) is 4.01. The van der Waals surface area contributed by atoms with E-state index in [1.54, 1.807) is 25.1 Å². The van der Waals surface area contributed by atoms with E-state index < -0.39 is 5.82 Å². The molecule has 0 atom stereocenters. The number of carbonyl (C=O) groups is 1. The van der Waals surface area contributed by atoms with Crippen molar-refractivity contribution in [3.63, 3.8) is 0 Å². The number of nitrogens with one attached hydrogen (secondary N) is 1. The van der Waals surface area contributed by atoms with Crippen LogP contribution in [-0.4, -0.2) is 5.78 Å². The average Bonchev–Trinajstić information content (AvgIpc) is 2.42. The van der Waals surface area contributed by atoms with Gasteiger partial charge in [0.2, 0.25) is 0 Å². The molecule has 2 aromatic rings. The zero-order valence-corrected chi connectivity index (χ0v) is 13.7. The SMILES string of the molecule is C/C(=C/C(=O)c1ccc(F)cc1Cl)Nc1c(Cl)cccc1Cl. The second-order valence-electron chi connectivity index (χ2n) is 4.54. The highest BCUT2D eigenvalue weighted by molar-refractivity contribution is 6.39. The van der Waals surface area contributed by atoms with Crippen LogP contribution < -0.4 is 5.32 Å². The average molecular weight is 359 g/mol. The molecule has 0 saturated heterocycles. The summed E-state index contributed by atoms with van der Waals surface area (Å²) < 4.78 is 13.0. The summed E-state index contributed by atoms with van der Waals surface area (Å²) in [5, 5.41) is 3.90. The van der Waals surface area contributed by atoms with Crippen LogP contribution in [0, 0.1) is 5.82 Å². The Hall–Kier alpha value is -1.55. The highest BCUT2D eigenvalue weighted by Gasteiger charge is 2.10. The van der Waals surface area contributed by atoms with E-state index in [0.717, 1.165) is 6.07 Å². The lowest BCUT2D eigenvalue weighted by atomic mass is 10.1. The molecule has 0 bridgehead atoms. The molecule has 0 spiro atoms. The summed E-state index contributed by atoms with van der Waals surface area (Å²) in [5.41, 5.74) is 1.26. The van der Waals surface area contributed by atoms with Crippen molar-refractivity contribution in [3.05, 3.63) is 74.6 Å². The second kappa shape index (κ2) is 7.14. The molecule has 0 amide bonds. The Bertz CT molecular complexity index is 739. The van der Waals surface area contributed by atoms with Crippen LogP contribution in [0.25, 0.3) is 0 Å². The number of rotatable bonds is 4. The summed E-state index contributed by atoms with van der Waals surface area (Å²) >= 11 is 18.0. The molecule has 2 nitrogen and oxygen atoms in total. The maximum atomic E-state index is 13.0. The topological polar surface area (TPSA) is 29.1 Å². The fraction of sp³-hybridized carbons (Fsp3) is 0.0625. The molecular weight excluding hydrogens is 348 g/mol. The van der Waals surface area contributed by atoms with Gasteiger partial charge in [-0.05, 0) is 37.3 Å². The number of hydrogen-bond acceptors (Lipinski definition) is 2. The van der Waals surface area contributed by atoms with Gasteiger partial charge in [0.25, 0.3) is 0 Å². The summed E-state index contributed by atoms with van der Waals surface area (Å²) in [6.45, 7) is 1.69. The minimum Gasteiger partial charge on any atom is -0.357 e. The van der Waals surface area contributed by atoms with Crippen LogP contribution in [0.1, 0.15) is 17.3 Å². The molecule has 0 heterocycles. The molecule has 0 fully saturated rings. The molecule has 0 radical (unpaired) electrons. The number of hydrogen-bond donors (Lipinski definition) is 1. The van der Waals surface area contributed by atoms with Gasteiger partial charge in [0.15, 0.2) is 5.78 Å². The van der Waals surface area contributed by atoms with Gasteiger partial charge in [-0.3, -0.25) is 4.79 Å². The normalized spacial score (nSPS) is 11.4. The largest absolute Gasteiger partial charge is 0.357 e. The fourth-order valence-electron chi connectivity index (χ4n) is 1.81. The first-order valence-corrected chi connectivity index (χ1v) is 7.40. The third-order valence-corrected chi connectivity index (χ3v) is 3.77. The maximum absolute atomic E-state index is 13.0. The number of para-hydroxylation sites is 1. The Labute approximate surface area is 142 Å². The molecule has 0 saturated carbocycles. The Morgan fingerprint density at radius 1 is 1.09 bits per heavy atom. The van der Waals surface area contributed by atoms with Crippen LogP contribution in [0.4, 0.5) is 10.1 Å². The maximum Gasteiger partial charge on any atom is 0.189 e. The van der Waals surface area contributed by atoms with Crippen LogP contribution in [0.5, 0.6) is 0 Å². The van der Waals surface area contributed by atoms with Gasteiger partial charge in [-0.1, -0.05) is 40.9 Å². The molecule has 0 aliphatic heterocycles. The highest BCUT2D eigenvalue weighted by atomic mass is 35.5. The summed E-state index contributed by atoms with van der Waals surface area (Å²) in [6.07, 6.45) is 1.35. The van der Waals surface area contributed by atoms with Crippen molar-refractivity contribution in [2.75, 3.05) is 5.32 Å². The van der Waals surface area contributed by atoms with Crippen LogP contribution in [-0.2, 0) is 0 Å². The Balaban J connectivity index is 2.23. The van der Waals surface area contributed by atoms with Gasteiger partial charge >= 0.3 is 0 Å². The molecule has 2 aromatic carbocycles. The first-order valence-electron chi connectivity index (χ1n) is 6.27. The summed E-state index contributed by atoms with van der Waals surface area (Å²) in [4.78, 5) is 12.2. The summed E-state index contributed by atoms with van der Waals surface area (Å²) in [5.74, 6) is -0.846. The lowest BCUT2D eigenvalue weighted by Crippen LogP contribution is -2.03. The Kier molecular flexibility index (Phi) is 5.46. The van der Waals surface area contributed by atoms with E-state index in [9.17, 15) is 9.18 Å². The zero-order valence-electron chi connectivity index (χ0n) is 11.5. The van der Waals surface area contributed by atoms with Crippen LogP contribution in [0.2, 0.25) is 15.1 Å². The van der Waals surface area contributed by atoms with E-state index in [1.807, 2.05) is 0 Å². The van der Waals surface area contributed by atoms with E-state index in [4.69, 9.17) is 34.8 Å². The highest BCUT2D eigenvalue weighted by Crippen LogP contribution is 2.31. The quantitative estimate of drug-likeness (QED) is 0.537. The van der Waals surface area contributed by atoms with E-state index in [2.05, 4.69) is 5.32 Å². The van der Waals surface area contributed by atoms with Gasteiger partial charge in [-0.2, -0.15) is 0 Å². The number of ketones is 1. The third-order valence-electron chi connectivity index (χ3n) is 2.83. The summed E-state index contributed by atoms with van der Waals surface area (Å²) in [7, 11) is 0. The van der Waals surface area contributed by atoms with Crippen molar-refractivity contribution in [2.24, 2.45) is 0 Å². The summed E-state index contributed by atoms with van der Waals surface area (Å²) in [6, 6.07) is 8.70. The van der Waals surface area contributed by atoms with Gasteiger partial charge in [0.05, 0.1) is 20.8 Å². The predicted molar refractivity (Wildman–Crippen MR) is 89.6 cm³/mol. The first-order chi connectivity index (χ1) is 10.4. The monoisotopic (exact) mass is 357 g/mol. The van der Waals surface area contributed by atoms with Crippen molar-refractivity contribution in [1.29, 1.82) is 0 Å². The molecular formula is C16H11Cl3FNO. The van der Waals surface area contributed by atoms with Gasteiger partial charge in [0, 0.05) is 17.3 Å². The van der Waals surface area contributed by atoms with Gasteiger partial charge < -0.3 is 5.32 Å². The van der Waals surface area contributed by atoms with Crippen molar-refractivity contribution < 1.29 is 9.18 Å². The number of anilines is 1. The minimum absolute atomic E-state index is 0.0600. The van der Waals surface area contributed by atoms with Gasteiger partial charge in [-0.25, -0.2) is 4.39 Å². The number of halogens is 4.